The maximum absolute atomic E-state index is 10.8. The number of hydrogen-bond donors (Lipinski definition) is 2. The predicted molar refractivity (Wildman–Crippen MR) is 92.6 cm³/mol. The highest BCUT2D eigenvalue weighted by molar-refractivity contribution is 5.73. The lowest BCUT2D eigenvalue weighted by Gasteiger charge is -2.15. The molecule has 0 aliphatic carbocycles. The Bertz CT molecular complexity index is 688. The average molecular weight is 330 g/mol. The van der Waals surface area contributed by atoms with Gasteiger partial charge in [0, 0.05) is 18.2 Å². The van der Waals surface area contributed by atoms with Crippen LogP contribution in [0.15, 0.2) is 42.5 Å². The molecule has 0 saturated carbocycles. The number of ether oxygens (including phenoxy) is 3. The molecule has 0 bridgehead atoms. The van der Waals surface area contributed by atoms with Crippen molar-refractivity contribution in [2.75, 3.05) is 26.1 Å². The van der Waals surface area contributed by atoms with E-state index in [4.69, 9.17) is 19.9 Å². The van der Waals surface area contributed by atoms with E-state index in [9.17, 15) is 4.79 Å². The maximum atomic E-state index is 10.8. The van der Waals surface area contributed by atoms with Gasteiger partial charge in [-0.15, -0.1) is 0 Å². The van der Waals surface area contributed by atoms with Gasteiger partial charge in [-0.2, -0.15) is 0 Å². The summed E-state index contributed by atoms with van der Waals surface area (Å²) in [5, 5.41) is 3.32. The average Bonchev–Trinajstić information content (AvgIpc) is 2.60. The molecule has 0 saturated heterocycles. The third-order valence-corrected chi connectivity index (χ3v) is 3.46. The first-order valence-electron chi connectivity index (χ1n) is 7.59. The van der Waals surface area contributed by atoms with Crippen LogP contribution in [-0.2, 0) is 11.3 Å². The number of amides is 1. The zero-order valence-corrected chi connectivity index (χ0v) is 13.9. The molecule has 0 aliphatic rings. The lowest BCUT2D eigenvalue weighted by atomic mass is 10.2. The third kappa shape index (κ3) is 4.81. The highest BCUT2D eigenvalue weighted by Crippen LogP contribution is 2.28. The van der Waals surface area contributed by atoms with Gasteiger partial charge in [0.25, 0.3) is 0 Å². The van der Waals surface area contributed by atoms with Gasteiger partial charge in [-0.05, 0) is 24.3 Å². The molecule has 3 N–H and O–H groups in total. The van der Waals surface area contributed by atoms with Gasteiger partial charge < -0.3 is 25.3 Å². The number of primary amides is 1. The van der Waals surface area contributed by atoms with Crippen molar-refractivity contribution in [3.8, 4) is 17.2 Å². The molecule has 0 aliphatic heterocycles. The molecule has 6 nitrogen and oxygen atoms in total. The van der Waals surface area contributed by atoms with Crippen molar-refractivity contribution in [1.29, 1.82) is 0 Å². The quantitative estimate of drug-likeness (QED) is 0.738. The Hall–Kier alpha value is -2.89. The van der Waals surface area contributed by atoms with Gasteiger partial charge in [0.15, 0.2) is 0 Å². The Labute approximate surface area is 141 Å². The van der Waals surface area contributed by atoms with Crippen molar-refractivity contribution >= 4 is 11.6 Å². The highest BCUT2D eigenvalue weighted by atomic mass is 16.5. The number of rotatable bonds is 9. The van der Waals surface area contributed by atoms with Crippen molar-refractivity contribution in [3.63, 3.8) is 0 Å². The Kier molecular flexibility index (Phi) is 6.31. The number of benzene rings is 2. The minimum Gasteiger partial charge on any atom is -0.497 e. The summed E-state index contributed by atoms with van der Waals surface area (Å²) in [6.07, 6.45) is 0.181. The van der Waals surface area contributed by atoms with E-state index in [1.165, 1.54) is 0 Å². The summed E-state index contributed by atoms with van der Waals surface area (Å²) in [6, 6.07) is 13.2. The number of nitrogens with two attached hydrogens (primary N) is 1. The Morgan fingerprint density at radius 1 is 1.08 bits per heavy atom. The fraction of sp³-hybridized carbons (Fsp3) is 0.278. The fourth-order valence-electron chi connectivity index (χ4n) is 2.19. The number of carbonyl (C=O) groups is 1. The first-order chi connectivity index (χ1) is 11.6. The minimum absolute atomic E-state index is 0.181. The minimum atomic E-state index is -0.386. The summed E-state index contributed by atoms with van der Waals surface area (Å²) in [5.74, 6) is 1.77. The Morgan fingerprint density at radius 3 is 2.58 bits per heavy atom. The lowest BCUT2D eigenvalue weighted by Crippen LogP contribution is -2.15. The topological polar surface area (TPSA) is 82.8 Å². The monoisotopic (exact) mass is 330 g/mol. The lowest BCUT2D eigenvalue weighted by molar-refractivity contribution is -0.118. The second-order valence-electron chi connectivity index (χ2n) is 5.09. The van der Waals surface area contributed by atoms with E-state index in [1.807, 2.05) is 42.5 Å². The molecule has 2 aromatic rings. The van der Waals surface area contributed by atoms with E-state index in [1.54, 1.807) is 14.2 Å². The van der Waals surface area contributed by atoms with Crippen molar-refractivity contribution in [3.05, 3.63) is 48.0 Å². The van der Waals surface area contributed by atoms with Gasteiger partial charge in [-0.25, -0.2) is 0 Å². The first-order valence-corrected chi connectivity index (χ1v) is 7.59. The van der Waals surface area contributed by atoms with Crippen molar-refractivity contribution in [1.82, 2.24) is 0 Å². The van der Waals surface area contributed by atoms with E-state index < -0.39 is 0 Å². The molecule has 24 heavy (non-hydrogen) atoms. The SMILES string of the molecule is COc1ccc(CNc2ccccc2OCCC(N)=O)c(OC)c1. The van der Waals surface area contributed by atoms with Crippen LogP contribution in [0, 0.1) is 0 Å². The standard InChI is InChI=1S/C18H22N2O4/c1-22-14-8-7-13(17(11-14)23-2)12-20-15-5-3-4-6-16(15)24-10-9-18(19)21/h3-8,11,20H,9-10,12H2,1-2H3,(H2,19,21). The zero-order chi connectivity index (χ0) is 17.4. The third-order valence-electron chi connectivity index (χ3n) is 3.46. The second kappa shape index (κ2) is 8.67. The van der Waals surface area contributed by atoms with Gasteiger partial charge >= 0.3 is 0 Å². The summed E-state index contributed by atoms with van der Waals surface area (Å²) in [6.45, 7) is 0.809. The first kappa shape index (κ1) is 17.5. The number of methoxy groups -OCH3 is 2. The number of anilines is 1. The Balaban J connectivity index is 2.05. The molecular formula is C18H22N2O4. The van der Waals surface area contributed by atoms with E-state index in [-0.39, 0.29) is 18.9 Å². The maximum Gasteiger partial charge on any atom is 0.220 e. The summed E-state index contributed by atoms with van der Waals surface area (Å²) in [7, 11) is 3.24. The molecule has 0 unspecified atom stereocenters. The smallest absolute Gasteiger partial charge is 0.220 e. The largest absolute Gasteiger partial charge is 0.497 e. The fourth-order valence-corrected chi connectivity index (χ4v) is 2.19. The molecule has 2 aromatic carbocycles. The van der Waals surface area contributed by atoms with Crippen LogP contribution in [0.4, 0.5) is 5.69 Å². The summed E-state index contributed by atoms with van der Waals surface area (Å²) < 4.78 is 16.2. The van der Waals surface area contributed by atoms with Crippen LogP contribution in [0.25, 0.3) is 0 Å². The van der Waals surface area contributed by atoms with Gasteiger partial charge in [-0.3, -0.25) is 4.79 Å². The molecule has 0 heterocycles. The number of para-hydroxylation sites is 2. The highest BCUT2D eigenvalue weighted by Gasteiger charge is 2.07. The molecule has 0 atom stereocenters. The van der Waals surface area contributed by atoms with Crippen LogP contribution in [0.3, 0.4) is 0 Å². The molecule has 0 fully saturated rings. The van der Waals surface area contributed by atoms with E-state index >= 15 is 0 Å². The van der Waals surface area contributed by atoms with E-state index in [0.29, 0.717) is 12.3 Å². The van der Waals surface area contributed by atoms with Crippen molar-refractivity contribution < 1.29 is 19.0 Å². The van der Waals surface area contributed by atoms with Gasteiger partial charge in [0.2, 0.25) is 5.91 Å². The summed E-state index contributed by atoms with van der Waals surface area (Å²) in [5.41, 5.74) is 6.95. The number of carbonyl (C=O) groups excluding carboxylic acids is 1. The molecule has 2 rings (SSSR count). The zero-order valence-electron chi connectivity index (χ0n) is 13.9. The molecule has 6 heteroatoms. The van der Waals surface area contributed by atoms with Gasteiger partial charge in [0.05, 0.1) is 32.9 Å². The number of hydrogen-bond acceptors (Lipinski definition) is 5. The molecule has 128 valence electrons. The molecule has 1 amide bonds. The molecule has 0 spiro atoms. The van der Waals surface area contributed by atoms with E-state index in [0.717, 1.165) is 22.7 Å². The second-order valence-corrected chi connectivity index (χ2v) is 5.09. The summed E-state index contributed by atoms with van der Waals surface area (Å²) in [4.78, 5) is 10.8. The van der Waals surface area contributed by atoms with Crippen molar-refractivity contribution in [2.45, 2.75) is 13.0 Å². The van der Waals surface area contributed by atoms with Gasteiger partial charge in [0.1, 0.15) is 17.2 Å². The molecule has 0 aromatic heterocycles. The van der Waals surface area contributed by atoms with Gasteiger partial charge in [-0.1, -0.05) is 12.1 Å². The Morgan fingerprint density at radius 2 is 1.88 bits per heavy atom. The van der Waals surface area contributed by atoms with Crippen molar-refractivity contribution in [2.24, 2.45) is 5.73 Å². The summed E-state index contributed by atoms with van der Waals surface area (Å²) >= 11 is 0. The normalized spacial score (nSPS) is 10.1. The van der Waals surface area contributed by atoms with Crippen LogP contribution in [0.1, 0.15) is 12.0 Å². The van der Waals surface area contributed by atoms with E-state index in [2.05, 4.69) is 5.32 Å². The van der Waals surface area contributed by atoms with Crippen LogP contribution < -0.4 is 25.3 Å². The predicted octanol–water partition coefficient (Wildman–Crippen LogP) is 2.57. The van der Waals surface area contributed by atoms with Crippen LogP contribution in [0.2, 0.25) is 0 Å². The van der Waals surface area contributed by atoms with Crippen LogP contribution >= 0.6 is 0 Å². The number of nitrogens with one attached hydrogen (secondary N) is 1. The molecular weight excluding hydrogens is 308 g/mol. The van der Waals surface area contributed by atoms with Crippen LogP contribution in [0.5, 0.6) is 17.2 Å². The van der Waals surface area contributed by atoms with Crippen LogP contribution in [-0.4, -0.2) is 26.7 Å². The molecule has 0 radical (unpaired) electrons.